The number of anilines is 3. The molecule has 1 heterocycles. The van der Waals surface area contributed by atoms with Gasteiger partial charge >= 0.3 is 0 Å². The summed E-state index contributed by atoms with van der Waals surface area (Å²) < 4.78 is 16.6. The zero-order valence-electron chi connectivity index (χ0n) is 17.2. The molecule has 0 saturated heterocycles. The van der Waals surface area contributed by atoms with Crippen LogP contribution < -0.4 is 24.4 Å². The average molecular weight is 401 g/mol. The lowest BCUT2D eigenvalue weighted by Crippen LogP contribution is -2.16. The van der Waals surface area contributed by atoms with Crippen molar-refractivity contribution >= 4 is 17.1 Å². The fourth-order valence-corrected chi connectivity index (χ4v) is 3.82. The summed E-state index contributed by atoms with van der Waals surface area (Å²) in [6, 6.07) is 19.9. The highest BCUT2D eigenvalue weighted by Crippen LogP contribution is 2.46. The molecule has 4 rings (SSSR count). The zero-order valence-corrected chi connectivity index (χ0v) is 17.2. The normalized spacial score (nSPS) is 12.1. The van der Waals surface area contributed by atoms with E-state index in [0.717, 1.165) is 30.2 Å². The Balaban J connectivity index is 1.61. The van der Waals surface area contributed by atoms with E-state index in [9.17, 15) is 5.26 Å². The van der Waals surface area contributed by atoms with Crippen molar-refractivity contribution in [3.63, 3.8) is 0 Å². The first kappa shape index (κ1) is 19.5. The maximum atomic E-state index is 9.31. The minimum absolute atomic E-state index is 0.587. The van der Waals surface area contributed by atoms with Gasteiger partial charge in [-0.25, -0.2) is 0 Å². The second kappa shape index (κ2) is 8.26. The van der Waals surface area contributed by atoms with Crippen molar-refractivity contribution in [2.45, 2.75) is 13.1 Å². The molecule has 3 aromatic rings. The molecule has 3 aromatic carbocycles. The van der Waals surface area contributed by atoms with E-state index in [1.165, 1.54) is 11.1 Å². The van der Waals surface area contributed by atoms with Gasteiger partial charge in [0.1, 0.15) is 6.07 Å². The molecule has 1 N–H and O–H groups in total. The van der Waals surface area contributed by atoms with Crippen LogP contribution in [0, 0.1) is 11.3 Å². The van der Waals surface area contributed by atoms with Crippen molar-refractivity contribution < 1.29 is 14.2 Å². The van der Waals surface area contributed by atoms with Gasteiger partial charge < -0.3 is 24.4 Å². The van der Waals surface area contributed by atoms with Gasteiger partial charge in [0, 0.05) is 18.8 Å². The molecule has 0 unspecified atom stereocenters. The number of methoxy groups -OCH3 is 3. The van der Waals surface area contributed by atoms with E-state index in [-0.39, 0.29) is 0 Å². The lowest BCUT2D eigenvalue weighted by molar-refractivity contribution is 0.324. The number of hydrogen-bond acceptors (Lipinski definition) is 6. The molecule has 0 radical (unpaired) electrons. The molecule has 6 heteroatoms. The van der Waals surface area contributed by atoms with Gasteiger partial charge in [-0.05, 0) is 47.5 Å². The lowest BCUT2D eigenvalue weighted by atomic mass is 10.1. The second-order valence-corrected chi connectivity index (χ2v) is 6.98. The number of para-hydroxylation sites is 1. The summed E-state index contributed by atoms with van der Waals surface area (Å²) in [6.07, 6.45) is 0. The Kier molecular flexibility index (Phi) is 5.36. The molecule has 0 aromatic heterocycles. The molecule has 0 fully saturated rings. The van der Waals surface area contributed by atoms with Crippen LogP contribution in [0.5, 0.6) is 17.2 Å². The van der Waals surface area contributed by atoms with Gasteiger partial charge in [0.25, 0.3) is 0 Å². The summed E-state index contributed by atoms with van der Waals surface area (Å²) in [7, 11) is 4.86. The smallest absolute Gasteiger partial charge is 0.205 e. The number of rotatable bonds is 6. The maximum absolute atomic E-state index is 9.31. The Labute approximate surface area is 176 Å². The van der Waals surface area contributed by atoms with Crippen LogP contribution in [0.1, 0.15) is 16.7 Å². The highest BCUT2D eigenvalue weighted by Gasteiger charge is 2.25. The number of benzene rings is 3. The van der Waals surface area contributed by atoms with E-state index in [1.807, 2.05) is 36.4 Å². The van der Waals surface area contributed by atoms with Crippen LogP contribution in [0.4, 0.5) is 17.1 Å². The number of hydrogen-bond donors (Lipinski definition) is 1. The SMILES string of the molecule is COc1ccc(N2Cc3ccc(Nc4ccccc4C#N)cc3C2)c(OC)c1OC. The molecule has 1 aliphatic heterocycles. The predicted molar refractivity (Wildman–Crippen MR) is 117 cm³/mol. The largest absolute Gasteiger partial charge is 0.493 e. The molecule has 0 spiro atoms. The first-order valence-corrected chi connectivity index (χ1v) is 9.60. The van der Waals surface area contributed by atoms with Gasteiger partial charge in [-0.1, -0.05) is 18.2 Å². The Morgan fingerprint density at radius 3 is 2.37 bits per heavy atom. The van der Waals surface area contributed by atoms with Crippen molar-refractivity contribution in [3.05, 3.63) is 71.3 Å². The summed E-state index contributed by atoms with van der Waals surface area (Å²) in [5, 5.41) is 12.7. The average Bonchev–Trinajstić information content (AvgIpc) is 3.21. The third-order valence-electron chi connectivity index (χ3n) is 5.28. The summed E-state index contributed by atoms with van der Waals surface area (Å²) in [5.74, 6) is 1.88. The number of nitriles is 1. The monoisotopic (exact) mass is 401 g/mol. The summed E-state index contributed by atoms with van der Waals surface area (Å²) in [6.45, 7) is 1.52. The van der Waals surface area contributed by atoms with Crippen LogP contribution in [0.2, 0.25) is 0 Å². The number of ether oxygens (including phenoxy) is 3. The molecular weight excluding hydrogens is 378 g/mol. The molecule has 30 heavy (non-hydrogen) atoms. The van der Waals surface area contributed by atoms with Gasteiger partial charge in [0.05, 0.1) is 38.3 Å². The molecule has 0 saturated carbocycles. The Morgan fingerprint density at radius 2 is 1.63 bits per heavy atom. The fraction of sp³-hybridized carbons (Fsp3) is 0.208. The van der Waals surface area contributed by atoms with Crippen molar-refractivity contribution in [1.29, 1.82) is 5.26 Å². The van der Waals surface area contributed by atoms with Crippen LogP contribution in [0.3, 0.4) is 0 Å². The number of nitrogens with one attached hydrogen (secondary N) is 1. The maximum Gasteiger partial charge on any atom is 0.205 e. The van der Waals surface area contributed by atoms with E-state index in [0.29, 0.717) is 22.8 Å². The van der Waals surface area contributed by atoms with Crippen molar-refractivity contribution in [2.24, 2.45) is 0 Å². The van der Waals surface area contributed by atoms with Gasteiger partial charge in [-0.2, -0.15) is 5.26 Å². The minimum Gasteiger partial charge on any atom is -0.493 e. The molecule has 0 bridgehead atoms. The van der Waals surface area contributed by atoms with Crippen LogP contribution in [-0.4, -0.2) is 21.3 Å². The van der Waals surface area contributed by atoms with Crippen LogP contribution in [-0.2, 0) is 13.1 Å². The predicted octanol–water partition coefficient (Wildman–Crippen LogP) is 4.85. The Hall–Kier alpha value is -3.85. The van der Waals surface area contributed by atoms with E-state index in [1.54, 1.807) is 27.4 Å². The second-order valence-electron chi connectivity index (χ2n) is 6.98. The molecule has 152 valence electrons. The first-order chi connectivity index (χ1) is 14.7. The van der Waals surface area contributed by atoms with E-state index in [2.05, 4.69) is 28.4 Å². The van der Waals surface area contributed by atoms with Gasteiger partial charge in [0.15, 0.2) is 11.5 Å². The summed E-state index contributed by atoms with van der Waals surface area (Å²) in [5.41, 5.74) is 5.82. The molecule has 0 atom stereocenters. The highest BCUT2D eigenvalue weighted by molar-refractivity contribution is 5.72. The zero-order chi connectivity index (χ0) is 21.1. The minimum atomic E-state index is 0.587. The van der Waals surface area contributed by atoms with Gasteiger partial charge in [-0.3, -0.25) is 0 Å². The lowest BCUT2D eigenvalue weighted by Gasteiger charge is -2.23. The molecule has 0 amide bonds. The summed E-state index contributed by atoms with van der Waals surface area (Å²) >= 11 is 0. The van der Waals surface area contributed by atoms with Crippen LogP contribution >= 0.6 is 0 Å². The topological polar surface area (TPSA) is 66.8 Å². The van der Waals surface area contributed by atoms with Crippen molar-refractivity contribution in [2.75, 3.05) is 31.5 Å². The summed E-state index contributed by atoms with van der Waals surface area (Å²) in [4.78, 5) is 2.25. The van der Waals surface area contributed by atoms with E-state index >= 15 is 0 Å². The standard InChI is InChI=1S/C24H23N3O3/c1-28-22-11-10-21(23(29-2)24(22)30-3)27-14-17-8-9-19(12-18(17)15-27)26-20-7-5-4-6-16(20)13-25/h4-12,26H,14-15H2,1-3H3. The molecule has 6 nitrogen and oxygen atoms in total. The van der Waals surface area contributed by atoms with Crippen molar-refractivity contribution in [3.8, 4) is 23.3 Å². The quantitative estimate of drug-likeness (QED) is 0.637. The first-order valence-electron chi connectivity index (χ1n) is 9.60. The highest BCUT2D eigenvalue weighted by atomic mass is 16.5. The Bertz CT molecular complexity index is 1120. The van der Waals surface area contributed by atoms with E-state index < -0.39 is 0 Å². The molecule has 1 aliphatic rings. The van der Waals surface area contributed by atoms with Gasteiger partial charge in [0.2, 0.25) is 5.75 Å². The fourth-order valence-electron chi connectivity index (χ4n) is 3.82. The third-order valence-corrected chi connectivity index (χ3v) is 5.28. The van der Waals surface area contributed by atoms with Crippen molar-refractivity contribution in [1.82, 2.24) is 0 Å². The number of fused-ring (bicyclic) bond motifs is 1. The molecular formula is C24H23N3O3. The third kappa shape index (κ3) is 3.46. The number of nitrogens with zero attached hydrogens (tertiary/aromatic N) is 2. The van der Waals surface area contributed by atoms with E-state index in [4.69, 9.17) is 14.2 Å². The molecule has 0 aliphatic carbocycles. The Morgan fingerprint density at radius 1 is 0.867 bits per heavy atom. The van der Waals surface area contributed by atoms with Crippen LogP contribution in [0.15, 0.2) is 54.6 Å². The van der Waals surface area contributed by atoms with Crippen LogP contribution in [0.25, 0.3) is 0 Å². The van der Waals surface area contributed by atoms with Gasteiger partial charge in [-0.15, -0.1) is 0 Å².